The molecule has 1 fully saturated rings. The van der Waals surface area contributed by atoms with Gasteiger partial charge in [-0.3, -0.25) is 29.0 Å². The van der Waals surface area contributed by atoms with Gasteiger partial charge in [0.05, 0.1) is 231 Å². The molecular formula is C45H81N3O21. The summed E-state index contributed by atoms with van der Waals surface area (Å²) in [5, 5.41) is 9.20. The van der Waals surface area contributed by atoms with Crippen LogP contribution in [-0.2, 0) is 95.0 Å². The SMILES string of the molecule is O=C(O)CN1CCOCCOCCOCCOCCN(C(=O)CCOCCOCCOCCOCCOCCOCCOCCOCCN2C(=O)C=CC2=O)CCOCCOCCOCCOCC1. The van der Waals surface area contributed by atoms with Gasteiger partial charge < -0.3 is 85.8 Å². The number of carboxylic acid groups (broad SMARTS) is 1. The minimum Gasteiger partial charge on any atom is -0.480 e. The largest absolute Gasteiger partial charge is 0.480 e. The summed E-state index contributed by atoms with van der Waals surface area (Å²) in [5.41, 5.74) is 0. The van der Waals surface area contributed by atoms with E-state index in [0.717, 1.165) is 4.90 Å². The molecule has 2 aliphatic heterocycles. The maximum absolute atomic E-state index is 13.1. The highest BCUT2D eigenvalue weighted by molar-refractivity contribution is 6.12. The molecule has 2 aliphatic rings. The number of imide groups is 1. The number of carbonyl (C=O) groups excluding carboxylic acids is 3. The van der Waals surface area contributed by atoms with Gasteiger partial charge in [0.25, 0.3) is 11.8 Å². The van der Waals surface area contributed by atoms with Crippen molar-refractivity contribution >= 4 is 23.7 Å². The van der Waals surface area contributed by atoms with Gasteiger partial charge in [-0.1, -0.05) is 0 Å². The van der Waals surface area contributed by atoms with Crippen molar-refractivity contribution in [3.8, 4) is 0 Å². The quantitative estimate of drug-likeness (QED) is 0.0683. The first-order valence-corrected chi connectivity index (χ1v) is 24.0. The number of hydrogen-bond acceptors (Lipinski definition) is 21. The van der Waals surface area contributed by atoms with Crippen LogP contribution in [0.3, 0.4) is 0 Å². The number of rotatable bonds is 29. The van der Waals surface area contributed by atoms with E-state index >= 15 is 0 Å². The van der Waals surface area contributed by atoms with Gasteiger partial charge in [-0.15, -0.1) is 0 Å². The van der Waals surface area contributed by atoms with E-state index in [1.807, 2.05) is 0 Å². The Morgan fingerprint density at radius 2 is 0.681 bits per heavy atom. The summed E-state index contributed by atoms with van der Waals surface area (Å²) in [6.45, 7) is 14.2. The van der Waals surface area contributed by atoms with E-state index in [-0.39, 0.29) is 50.4 Å². The van der Waals surface area contributed by atoms with E-state index in [0.29, 0.717) is 224 Å². The Hall–Kier alpha value is -2.86. The van der Waals surface area contributed by atoms with Crippen LogP contribution >= 0.6 is 0 Å². The lowest BCUT2D eigenvalue weighted by atomic mass is 10.3. The van der Waals surface area contributed by atoms with Crippen molar-refractivity contribution < 1.29 is 100 Å². The van der Waals surface area contributed by atoms with Crippen molar-refractivity contribution in [1.29, 1.82) is 0 Å². The predicted octanol–water partition coefficient (Wildman–Crippen LogP) is -1.20. The maximum atomic E-state index is 13.1. The molecule has 0 unspecified atom stereocenters. The lowest BCUT2D eigenvalue weighted by molar-refractivity contribution is -0.139. The fraction of sp³-hybridized carbons (Fsp3) is 0.867. The normalized spacial score (nSPS) is 18.4. The van der Waals surface area contributed by atoms with E-state index in [2.05, 4.69) is 0 Å². The van der Waals surface area contributed by atoms with Crippen molar-refractivity contribution in [1.82, 2.24) is 14.7 Å². The van der Waals surface area contributed by atoms with Gasteiger partial charge >= 0.3 is 5.97 Å². The van der Waals surface area contributed by atoms with Gasteiger partial charge in [-0.05, 0) is 0 Å². The number of carboxylic acids is 1. The first-order chi connectivity index (χ1) is 34.0. The third-order valence-corrected chi connectivity index (χ3v) is 9.48. The highest BCUT2D eigenvalue weighted by Crippen LogP contribution is 2.03. The Morgan fingerprint density at radius 3 is 1.00 bits per heavy atom. The van der Waals surface area contributed by atoms with Gasteiger partial charge in [0.1, 0.15) is 0 Å². The lowest BCUT2D eigenvalue weighted by Crippen LogP contribution is -2.37. The zero-order valence-corrected chi connectivity index (χ0v) is 40.7. The summed E-state index contributed by atoms with van der Waals surface area (Å²) in [6.07, 6.45) is 2.70. The second-order valence-electron chi connectivity index (χ2n) is 14.8. The molecule has 0 atom stereocenters. The van der Waals surface area contributed by atoms with Crippen LogP contribution < -0.4 is 0 Å². The standard InChI is InChI=1S/C45H81N3O21/c49-42(3-9-54-15-21-60-27-33-66-35-37-68-39-40-69-38-36-67-34-32-65-26-20-59-14-8-48-43(50)1-2-44(48)51)47-6-12-57-18-24-63-30-28-61-22-16-55-10-4-46(41-45(52)53)5-11-56-17-23-62-29-31-64-25-19-58-13-7-47/h1-2H,3-41H2,(H,52,53). The van der Waals surface area contributed by atoms with E-state index in [1.54, 1.807) is 9.80 Å². The molecule has 0 bridgehead atoms. The number of carbonyl (C=O) groups is 4. The Kier molecular flexibility index (Phi) is 42.8. The van der Waals surface area contributed by atoms with Crippen LogP contribution in [0.5, 0.6) is 0 Å². The van der Waals surface area contributed by atoms with Gasteiger partial charge in [0.2, 0.25) is 5.91 Å². The predicted molar refractivity (Wildman–Crippen MR) is 244 cm³/mol. The van der Waals surface area contributed by atoms with E-state index in [9.17, 15) is 24.3 Å². The first kappa shape index (κ1) is 62.3. The third kappa shape index (κ3) is 39.4. The third-order valence-electron chi connectivity index (χ3n) is 9.48. The van der Waals surface area contributed by atoms with Crippen LogP contribution in [0.4, 0.5) is 0 Å². The molecule has 0 radical (unpaired) electrons. The molecule has 0 aromatic heterocycles. The molecule has 0 aliphatic carbocycles. The van der Waals surface area contributed by atoms with E-state index in [1.165, 1.54) is 12.2 Å². The number of amides is 3. The maximum Gasteiger partial charge on any atom is 0.317 e. The fourth-order valence-electron chi connectivity index (χ4n) is 5.85. The molecule has 3 amide bonds. The van der Waals surface area contributed by atoms with Gasteiger partial charge in [0.15, 0.2) is 0 Å². The molecule has 0 aromatic rings. The Morgan fingerprint density at radius 1 is 0.406 bits per heavy atom. The van der Waals surface area contributed by atoms with Crippen molar-refractivity contribution in [2.45, 2.75) is 6.42 Å². The average Bonchev–Trinajstić information content (AvgIpc) is 3.66. The van der Waals surface area contributed by atoms with Gasteiger partial charge in [0, 0.05) is 38.3 Å². The first-order valence-electron chi connectivity index (χ1n) is 24.0. The van der Waals surface area contributed by atoms with Crippen LogP contribution in [0.1, 0.15) is 6.42 Å². The molecule has 0 aromatic carbocycles. The van der Waals surface area contributed by atoms with Crippen LogP contribution in [0.2, 0.25) is 0 Å². The molecule has 2 heterocycles. The molecule has 24 heteroatoms. The lowest BCUT2D eigenvalue weighted by Gasteiger charge is -2.23. The number of nitrogens with zero attached hydrogens (tertiary/aromatic N) is 3. The monoisotopic (exact) mass is 1000 g/mol. The molecule has 69 heavy (non-hydrogen) atoms. The highest BCUT2D eigenvalue weighted by atomic mass is 16.6. The average molecular weight is 1000 g/mol. The molecule has 0 spiro atoms. The molecule has 24 nitrogen and oxygen atoms in total. The Labute approximate surface area is 407 Å². The van der Waals surface area contributed by atoms with Crippen LogP contribution in [-0.4, -0.2) is 294 Å². The minimum absolute atomic E-state index is 0.0692. The van der Waals surface area contributed by atoms with E-state index in [4.69, 9.17) is 75.8 Å². The smallest absolute Gasteiger partial charge is 0.317 e. The summed E-state index contributed by atoms with van der Waals surface area (Å²) in [7, 11) is 0. The minimum atomic E-state index is -0.908. The summed E-state index contributed by atoms with van der Waals surface area (Å²) < 4.78 is 88.9. The number of ether oxygens (including phenoxy) is 16. The second kappa shape index (κ2) is 47.5. The van der Waals surface area contributed by atoms with Gasteiger partial charge in [-0.2, -0.15) is 0 Å². The molecule has 1 saturated heterocycles. The molecule has 2 rings (SSSR count). The van der Waals surface area contributed by atoms with E-state index < -0.39 is 5.97 Å². The number of hydrogen-bond donors (Lipinski definition) is 1. The summed E-state index contributed by atoms with van der Waals surface area (Å²) >= 11 is 0. The summed E-state index contributed by atoms with van der Waals surface area (Å²) in [4.78, 5) is 51.8. The number of aliphatic carboxylic acids is 1. The molecule has 402 valence electrons. The zero-order chi connectivity index (χ0) is 49.3. The second-order valence-corrected chi connectivity index (χ2v) is 14.8. The molecule has 0 saturated carbocycles. The van der Waals surface area contributed by atoms with Crippen molar-refractivity contribution in [2.75, 3.05) is 251 Å². The molecule has 1 N–H and O–H groups in total. The fourth-order valence-corrected chi connectivity index (χ4v) is 5.85. The topological polar surface area (TPSA) is 246 Å². The van der Waals surface area contributed by atoms with Crippen LogP contribution in [0.15, 0.2) is 12.2 Å². The Balaban J connectivity index is 1.42. The highest BCUT2D eigenvalue weighted by Gasteiger charge is 2.22. The van der Waals surface area contributed by atoms with Gasteiger partial charge in [-0.25, -0.2) is 0 Å². The van der Waals surface area contributed by atoms with Crippen molar-refractivity contribution in [3.63, 3.8) is 0 Å². The van der Waals surface area contributed by atoms with Crippen molar-refractivity contribution in [3.05, 3.63) is 12.2 Å². The Bertz CT molecular complexity index is 1220. The molecular weight excluding hydrogens is 918 g/mol. The van der Waals surface area contributed by atoms with Crippen LogP contribution in [0.25, 0.3) is 0 Å². The summed E-state index contributed by atoms with van der Waals surface area (Å²) in [6, 6.07) is 0. The summed E-state index contributed by atoms with van der Waals surface area (Å²) in [5.74, 6) is -1.62. The van der Waals surface area contributed by atoms with Crippen molar-refractivity contribution in [2.24, 2.45) is 0 Å². The zero-order valence-electron chi connectivity index (χ0n) is 40.7. The van der Waals surface area contributed by atoms with Crippen LogP contribution in [0, 0.1) is 0 Å².